The molecule has 0 radical (unpaired) electrons. The van der Waals surface area contributed by atoms with Crippen LogP contribution in [0, 0.1) is 0 Å². The Kier molecular flexibility index (Phi) is 29.3. The highest BCUT2D eigenvalue weighted by molar-refractivity contribution is 6.06. The molecule has 3 atom stereocenters. The van der Waals surface area contributed by atoms with Crippen LogP contribution in [-0.2, 0) is 52.3 Å². The predicted molar refractivity (Wildman–Crippen MR) is 312 cm³/mol. The minimum Gasteiger partial charge on any atom is -0.503 e. The molecule has 0 aliphatic carbocycles. The van der Waals surface area contributed by atoms with Gasteiger partial charge in [-0.05, 0) is 53.9 Å². The molecule has 0 aromatic carbocycles. The third-order valence-electron chi connectivity index (χ3n) is 12.8. The number of Topliss-reactive ketones (excluding diaryl/α,β-unsaturated/α-hetero) is 1. The lowest BCUT2D eigenvalue weighted by molar-refractivity contribution is -0.148. The van der Waals surface area contributed by atoms with Crippen LogP contribution < -0.4 is 14.2 Å². The van der Waals surface area contributed by atoms with Crippen molar-refractivity contribution in [2.75, 3.05) is 154 Å². The summed E-state index contributed by atoms with van der Waals surface area (Å²) in [6.07, 6.45) is 7.54. The van der Waals surface area contributed by atoms with Crippen molar-refractivity contribution in [3.8, 4) is 34.5 Å². The number of hydrogen-bond donors (Lipinski definition) is 3. The number of hydrogen-bond acceptors (Lipinski definition) is 26. The number of esters is 2. The molecule has 0 saturated carbocycles. The topological polar surface area (TPSA) is 299 Å². The highest BCUT2D eigenvalue weighted by Gasteiger charge is 2.45. The average Bonchev–Trinajstić information content (AvgIpc) is 3.17. The number of likely N-dealkylation sites (N-methyl/N-ethyl adjacent to an activating group) is 3. The lowest BCUT2D eigenvalue weighted by atomic mass is 9.99. The molecule has 0 bridgehead atoms. The van der Waals surface area contributed by atoms with Gasteiger partial charge in [-0.1, -0.05) is 20.8 Å². The van der Waals surface area contributed by atoms with Crippen LogP contribution in [0.15, 0.2) is 51.8 Å². The van der Waals surface area contributed by atoms with E-state index in [0.29, 0.717) is 108 Å². The largest absolute Gasteiger partial charge is 0.503 e. The number of pyridine rings is 3. The third kappa shape index (κ3) is 20.4. The van der Waals surface area contributed by atoms with Crippen molar-refractivity contribution < 1.29 is 81.8 Å². The normalized spacial score (nSPS) is 18.9. The van der Waals surface area contributed by atoms with Crippen LogP contribution >= 0.6 is 0 Å². The van der Waals surface area contributed by atoms with E-state index in [1.807, 2.05) is 11.9 Å². The Labute approximate surface area is 493 Å². The van der Waals surface area contributed by atoms with Crippen molar-refractivity contribution in [3.63, 3.8) is 0 Å². The molecule has 0 spiro atoms. The van der Waals surface area contributed by atoms with E-state index in [9.17, 15) is 29.7 Å². The van der Waals surface area contributed by atoms with Gasteiger partial charge in [-0.15, -0.1) is 0 Å². The molecular weight excluding hydrogens is 1090 g/mol. The van der Waals surface area contributed by atoms with Crippen molar-refractivity contribution in [2.45, 2.75) is 91.3 Å². The first-order valence-electron chi connectivity index (χ1n) is 28.3. The Morgan fingerprint density at radius 2 is 0.750 bits per heavy atom. The number of ether oxygens (including phenoxy) is 11. The smallest absolute Gasteiger partial charge is 0.335 e. The summed E-state index contributed by atoms with van der Waals surface area (Å²) < 4.78 is 59.0. The molecule has 6 rings (SSSR count). The maximum absolute atomic E-state index is 12.2. The molecule has 3 aliphatic heterocycles. The molecule has 26 nitrogen and oxygen atoms in total. The minimum atomic E-state index is -1.04. The molecule has 3 N–H and O–H groups in total. The van der Waals surface area contributed by atoms with Crippen molar-refractivity contribution in [1.29, 1.82) is 0 Å². The first-order chi connectivity index (χ1) is 40.2. The summed E-state index contributed by atoms with van der Waals surface area (Å²) >= 11 is 0. The van der Waals surface area contributed by atoms with Crippen molar-refractivity contribution >= 4 is 35.2 Å². The lowest BCUT2D eigenvalue weighted by Gasteiger charge is -2.20. The van der Waals surface area contributed by atoms with E-state index in [1.165, 1.54) is 26.4 Å². The molecule has 84 heavy (non-hydrogen) atoms. The summed E-state index contributed by atoms with van der Waals surface area (Å²) in [6, 6.07) is 4.73. The van der Waals surface area contributed by atoms with E-state index in [0.717, 1.165) is 39.1 Å². The number of carbonyl (C=O) groups excluding carboxylic acids is 3. The van der Waals surface area contributed by atoms with E-state index >= 15 is 0 Å². The van der Waals surface area contributed by atoms with Gasteiger partial charge in [0, 0.05) is 77.8 Å². The number of methoxy groups -OCH3 is 1. The van der Waals surface area contributed by atoms with Crippen molar-refractivity contribution in [2.24, 2.45) is 15.0 Å². The Bertz CT molecular complexity index is 2650. The maximum atomic E-state index is 12.2. The highest BCUT2D eigenvalue weighted by atomic mass is 16.6. The van der Waals surface area contributed by atoms with Crippen LogP contribution in [0.1, 0.15) is 91.7 Å². The summed E-state index contributed by atoms with van der Waals surface area (Å²) in [6.45, 7) is 23.2. The van der Waals surface area contributed by atoms with Crippen LogP contribution in [0.5, 0.6) is 34.5 Å². The van der Waals surface area contributed by atoms with Crippen LogP contribution in [0.2, 0.25) is 0 Å². The monoisotopic (exact) mass is 1180 g/mol. The van der Waals surface area contributed by atoms with Crippen molar-refractivity contribution in [3.05, 3.63) is 53.9 Å². The number of carbonyl (C=O) groups is 3. The number of aliphatic imine (C=N–C) groups is 3. The summed E-state index contributed by atoms with van der Waals surface area (Å²) in [4.78, 5) is 67.5. The van der Waals surface area contributed by atoms with Gasteiger partial charge in [0.05, 0.1) is 92.8 Å². The fourth-order valence-corrected chi connectivity index (χ4v) is 8.47. The number of aromatic nitrogens is 3. The molecule has 6 heterocycles. The third-order valence-corrected chi connectivity index (χ3v) is 12.8. The second-order valence-electron chi connectivity index (χ2n) is 20.2. The van der Waals surface area contributed by atoms with Gasteiger partial charge in [0.1, 0.15) is 25.4 Å². The molecule has 0 unspecified atom stereocenters. The number of nitrogens with zero attached hydrogens (tertiary/aromatic N) is 9. The second-order valence-corrected chi connectivity index (χ2v) is 20.2. The summed E-state index contributed by atoms with van der Waals surface area (Å²) in [5.41, 5.74) is -2.11. The zero-order valence-corrected chi connectivity index (χ0v) is 51.1. The van der Waals surface area contributed by atoms with E-state index in [1.54, 1.807) is 76.0 Å². The van der Waals surface area contributed by atoms with E-state index in [4.69, 9.17) is 52.1 Å². The van der Waals surface area contributed by atoms with Gasteiger partial charge in [-0.3, -0.25) is 9.79 Å². The molecule has 26 heteroatoms. The van der Waals surface area contributed by atoms with E-state index in [-0.39, 0.29) is 72.3 Å². The first kappa shape index (κ1) is 69.5. The van der Waals surface area contributed by atoms with Crippen LogP contribution in [0.4, 0.5) is 0 Å². The quantitative estimate of drug-likeness (QED) is 0.0547. The van der Waals surface area contributed by atoms with Crippen LogP contribution in [0.3, 0.4) is 0 Å². The number of rotatable bonds is 34. The molecule has 3 aliphatic rings. The van der Waals surface area contributed by atoms with Crippen LogP contribution in [-0.4, -0.2) is 250 Å². The molecule has 3 aromatic rings. The Morgan fingerprint density at radius 3 is 1.04 bits per heavy atom. The molecule has 3 aromatic heterocycles. The Morgan fingerprint density at radius 1 is 0.464 bits per heavy atom. The van der Waals surface area contributed by atoms with Crippen LogP contribution in [0.25, 0.3) is 0 Å². The zero-order chi connectivity index (χ0) is 61.7. The maximum Gasteiger partial charge on any atom is 0.335 e. The average molecular weight is 1180 g/mol. The number of ketones is 1. The first-order valence-corrected chi connectivity index (χ1v) is 28.3. The van der Waals surface area contributed by atoms with Gasteiger partial charge in [0.2, 0.25) is 0 Å². The van der Waals surface area contributed by atoms with Gasteiger partial charge >= 0.3 is 11.9 Å². The van der Waals surface area contributed by atoms with Gasteiger partial charge < -0.3 is 82.1 Å². The molecular formula is C58H89N9O17. The SMILES string of the molecule is CCCOCCOCCOc1ccnc(C2=N[C@@](C)(C(=O)OC)CN2C)c1O.CCCOCCOCCOc1ccnc(C2=N[C@@](C)(C(=O)OCC)CN2C)c1O.CCCOCCOCCOc1ccnc(C2=N[C@@](C)(C(C)=O)CN2C)c1O. The minimum absolute atomic E-state index is 0.0312. The van der Waals surface area contributed by atoms with E-state index < -0.39 is 28.6 Å². The summed E-state index contributed by atoms with van der Waals surface area (Å²) in [5.74, 6) is 0.909. The van der Waals surface area contributed by atoms with Crippen molar-refractivity contribution in [1.82, 2.24) is 29.7 Å². The fraction of sp³-hybridized carbons (Fsp3) is 0.638. The second kappa shape index (κ2) is 35.4. The Hall–Kier alpha value is -6.97. The highest BCUT2D eigenvalue weighted by Crippen LogP contribution is 2.36. The van der Waals surface area contributed by atoms with E-state index in [2.05, 4.69) is 50.7 Å². The van der Waals surface area contributed by atoms with Gasteiger partial charge in [-0.25, -0.2) is 34.5 Å². The molecule has 0 amide bonds. The number of aromatic hydroxyl groups is 3. The van der Waals surface area contributed by atoms with Gasteiger partial charge in [-0.2, -0.15) is 0 Å². The fourth-order valence-electron chi connectivity index (χ4n) is 8.47. The molecule has 0 saturated heterocycles. The molecule has 0 fully saturated rings. The number of amidine groups is 3. The standard InChI is InChI=1S/C20H31N3O6.C19H29N3O6.C19H29N3O5/c1-5-9-26-10-11-27-12-13-29-15-7-8-21-16(17(15)24)18-22-20(3,14-23(18)4)19(25)28-6-2;1-5-8-26-9-10-27-11-12-28-14-6-7-20-15(16(14)23)17-21-19(2,13-22(17)3)18(24)25-4;1-5-8-25-9-10-26-11-12-27-15-6-7-20-16(17(15)24)18-21-19(3,14(2)23)13-22(18)4/h7-8,24H,5-6,9-14H2,1-4H3;6-7,23H,5,8-13H2,1-4H3;6-7,24H,5,8-13H2,1-4H3/t20-;2*19-/m111/s1. The lowest BCUT2D eigenvalue weighted by Crippen LogP contribution is -2.40. The predicted octanol–water partition coefficient (Wildman–Crippen LogP) is 4.50. The zero-order valence-electron chi connectivity index (χ0n) is 51.1. The molecule has 468 valence electrons. The summed E-state index contributed by atoms with van der Waals surface area (Å²) in [7, 11) is 6.70. The van der Waals surface area contributed by atoms with Gasteiger partial charge in [0.15, 0.2) is 85.9 Å². The Balaban J connectivity index is 0.000000270. The summed E-state index contributed by atoms with van der Waals surface area (Å²) in [5, 5.41) is 31.7. The van der Waals surface area contributed by atoms with Gasteiger partial charge in [0.25, 0.3) is 0 Å².